The SMILES string of the molecule is CC[C@H](O)c1ccc(N2CCN(CCO)CC2)cc1. The minimum atomic E-state index is -0.351. The molecule has 0 saturated carbocycles. The van der Waals surface area contributed by atoms with E-state index in [1.165, 1.54) is 5.69 Å². The van der Waals surface area contributed by atoms with Crippen molar-refractivity contribution in [1.29, 1.82) is 0 Å². The number of rotatable bonds is 5. The molecule has 1 aromatic carbocycles. The van der Waals surface area contributed by atoms with Crippen LogP contribution in [0.1, 0.15) is 25.0 Å². The van der Waals surface area contributed by atoms with E-state index in [9.17, 15) is 5.11 Å². The van der Waals surface area contributed by atoms with Gasteiger partial charge in [0.1, 0.15) is 0 Å². The Morgan fingerprint density at radius 1 is 1.11 bits per heavy atom. The lowest BCUT2D eigenvalue weighted by molar-refractivity contribution is 0.173. The molecule has 1 aliphatic heterocycles. The molecule has 106 valence electrons. The Morgan fingerprint density at radius 2 is 1.74 bits per heavy atom. The molecule has 0 aromatic heterocycles. The first-order valence-electron chi connectivity index (χ1n) is 7.10. The predicted octanol–water partition coefficient (Wildman–Crippen LogP) is 1.24. The van der Waals surface area contributed by atoms with Gasteiger partial charge < -0.3 is 15.1 Å². The molecule has 0 unspecified atom stereocenters. The topological polar surface area (TPSA) is 46.9 Å². The van der Waals surface area contributed by atoms with Gasteiger partial charge in [-0.25, -0.2) is 0 Å². The average Bonchev–Trinajstić information content (AvgIpc) is 2.48. The fraction of sp³-hybridized carbons (Fsp3) is 0.600. The van der Waals surface area contributed by atoms with Gasteiger partial charge in [0.25, 0.3) is 0 Å². The van der Waals surface area contributed by atoms with Crippen molar-refractivity contribution < 1.29 is 10.2 Å². The number of β-amino-alcohol motifs (C(OH)–C–C–N with tert-alkyl or cyclic N) is 1. The minimum Gasteiger partial charge on any atom is -0.395 e. The molecule has 1 fully saturated rings. The third-order valence-corrected chi connectivity index (χ3v) is 3.82. The normalized spacial score (nSPS) is 18.6. The van der Waals surface area contributed by atoms with Crippen molar-refractivity contribution in [2.45, 2.75) is 19.4 Å². The van der Waals surface area contributed by atoms with E-state index in [1.54, 1.807) is 0 Å². The van der Waals surface area contributed by atoms with Crippen LogP contribution in [0.3, 0.4) is 0 Å². The maximum atomic E-state index is 9.78. The standard InChI is InChI=1S/C15H24N2O2/c1-2-15(19)13-3-5-14(6-4-13)17-9-7-16(8-10-17)11-12-18/h3-6,15,18-19H,2,7-12H2,1H3/t15-/m0/s1. The molecule has 0 radical (unpaired) electrons. The Balaban J connectivity index is 1.92. The summed E-state index contributed by atoms with van der Waals surface area (Å²) in [5, 5.41) is 18.7. The van der Waals surface area contributed by atoms with Gasteiger partial charge in [0.2, 0.25) is 0 Å². The minimum absolute atomic E-state index is 0.240. The molecule has 1 saturated heterocycles. The van der Waals surface area contributed by atoms with E-state index >= 15 is 0 Å². The van der Waals surface area contributed by atoms with Gasteiger partial charge in [0, 0.05) is 38.4 Å². The van der Waals surface area contributed by atoms with E-state index in [-0.39, 0.29) is 12.7 Å². The molecule has 19 heavy (non-hydrogen) atoms. The Morgan fingerprint density at radius 3 is 2.26 bits per heavy atom. The van der Waals surface area contributed by atoms with Crippen LogP contribution in [0.2, 0.25) is 0 Å². The summed E-state index contributed by atoms with van der Waals surface area (Å²) in [7, 11) is 0. The highest BCUT2D eigenvalue weighted by Gasteiger charge is 2.16. The van der Waals surface area contributed by atoms with Gasteiger partial charge >= 0.3 is 0 Å². The van der Waals surface area contributed by atoms with Crippen LogP contribution in [-0.4, -0.2) is 54.4 Å². The molecule has 4 heteroatoms. The molecule has 1 atom stereocenters. The summed E-state index contributed by atoms with van der Waals surface area (Å²) in [5.74, 6) is 0. The zero-order chi connectivity index (χ0) is 13.7. The fourth-order valence-corrected chi connectivity index (χ4v) is 2.51. The maximum absolute atomic E-state index is 9.78. The summed E-state index contributed by atoms with van der Waals surface area (Å²) in [6.07, 6.45) is 0.398. The van der Waals surface area contributed by atoms with E-state index in [4.69, 9.17) is 5.11 Å². The first-order chi connectivity index (χ1) is 9.24. The highest BCUT2D eigenvalue weighted by molar-refractivity contribution is 5.48. The number of aliphatic hydroxyl groups is 2. The van der Waals surface area contributed by atoms with Gasteiger partial charge in [-0.1, -0.05) is 19.1 Å². The summed E-state index contributed by atoms with van der Waals surface area (Å²) >= 11 is 0. The summed E-state index contributed by atoms with van der Waals surface area (Å²) in [4.78, 5) is 4.64. The van der Waals surface area contributed by atoms with Crippen LogP contribution in [0.5, 0.6) is 0 Å². The van der Waals surface area contributed by atoms with Crippen molar-refractivity contribution in [3.05, 3.63) is 29.8 Å². The molecular weight excluding hydrogens is 240 g/mol. The number of nitrogens with zero attached hydrogens (tertiary/aromatic N) is 2. The fourth-order valence-electron chi connectivity index (χ4n) is 2.51. The van der Waals surface area contributed by atoms with Crippen LogP contribution in [0.25, 0.3) is 0 Å². The molecule has 1 aromatic rings. The van der Waals surface area contributed by atoms with Crippen molar-refractivity contribution in [2.75, 3.05) is 44.2 Å². The molecule has 1 aliphatic rings. The molecular formula is C15H24N2O2. The Hall–Kier alpha value is -1.10. The van der Waals surface area contributed by atoms with Crippen LogP contribution in [0, 0.1) is 0 Å². The number of hydrogen-bond acceptors (Lipinski definition) is 4. The van der Waals surface area contributed by atoms with Gasteiger partial charge in [-0.3, -0.25) is 4.90 Å². The highest BCUT2D eigenvalue weighted by atomic mass is 16.3. The monoisotopic (exact) mass is 264 g/mol. The second kappa shape index (κ2) is 6.89. The molecule has 0 amide bonds. The predicted molar refractivity (Wildman–Crippen MR) is 77.4 cm³/mol. The van der Waals surface area contributed by atoms with E-state index in [0.29, 0.717) is 0 Å². The second-order valence-corrected chi connectivity index (χ2v) is 5.07. The Bertz CT molecular complexity index is 372. The molecule has 0 aliphatic carbocycles. The molecule has 2 N–H and O–H groups in total. The number of benzene rings is 1. The number of piperazine rings is 1. The van der Waals surface area contributed by atoms with Crippen molar-refractivity contribution in [2.24, 2.45) is 0 Å². The summed E-state index contributed by atoms with van der Waals surface area (Å²) in [6.45, 7) is 6.99. The van der Waals surface area contributed by atoms with Gasteiger partial charge in [-0.15, -0.1) is 0 Å². The smallest absolute Gasteiger partial charge is 0.0787 e. The summed E-state index contributed by atoms with van der Waals surface area (Å²) in [6, 6.07) is 8.22. The van der Waals surface area contributed by atoms with Gasteiger partial charge in [0.05, 0.1) is 12.7 Å². The van der Waals surface area contributed by atoms with Gasteiger partial charge in [-0.2, -0.15) is 0 Å². The van der Waals surface area contributed by atoms with Crippen molar-refractivity contribution in [3.8, 4) is 0 Å². The lowest BCUT2D eigenvalue weighted by Gasteiger charge is -2.35. The van der Waals surface area contributed by atoms with Gasteiger partial charge in [0.15, 0.2) is 0 Å². The highest BCUT2D eigenvalue weighted by Crippen LogP contribution is 2.21. The summed E-state index contributed by atoms with van der Waals surface area (Å²) < 4.78 is 0. The first-order valence-corrected chi connectivity index (χ1v) is 7.10. The van der Waals surface area contributed by atoms with E-state index in [1.807, 2.05) is 19.1 Å². The van der Waals surface area contributed by atoms with E-state index < -0.39 is 0 Å². The molecule has 1 heterocycles. The Kier molecular flexibility index (Phi) is 5.19. The molecule has 4 nitrogen and oxygen atoms in total. The zero-order valence-corrected chi connectivity index (χ0v) is 11.6. The van der Waals surface area contributed by atoms with Crippen molar-refractivity contribution >= 4 is 5.69 Å². The van der Waals surface area contributed by atoms with Gasteiger partial charge in [-0.05, 0) is 24.1 Å². The average molecular weight is 264 g/mol. The van der Waals surface area contributed by atoms with Crippen LogP contribution in [-0.2, 0) is 0 Å². The third-order valence-electron chi connectivity index (χ3n) is 3.82. The second-order valence-electron chi connectivity index (χ2n) is 5.07. The Labute approximate surface area is 115 Å². The van der Waals surface area contributed by atoms with Crippen molar-refractivity contribution in [1.82, 2.24) is 4.90 Å². The maximum Gasteiger partial charge on any atom is 0.0787 e. The van der Waals surface area contributed by atoms with Crippen LogP contribution in [0.4, 0.5) is 5.69 Å². The largest absolute Gasteiger partial charge is 0.395 e. The number of anilines is 1. The van der Waals surface area contributed by atoms with Crippen LogP contribution >= 0.6 is 0 Å². The van der Waals surface area contributed by atoms with Crippen LogP contribution in [0.15, 0.2) is 24.3 Å². The third kappa shape index (κ3) is 3.69. The number of hydrogen-bond donors (Lipinski definition) is 2. The van der Waals surface area contributed by atoms with E-state index in [0.717, 1.165) is 44.7 Å². The molecule has 0 bridgehead atoms. The van der Waals surface area contributed by atoms with Crippen LogP contribution < -0.4 is 4.90 Å². The van der Waals surface area contributed by atoms with Crippen molar-refractivity contribution in [3.63, 3.8) is 0 Å². The quantitative estimate of drug-likeness (QED) is 0.840. The zero-order valence-electron chi connectivity index (χ0n) is 11.6. The lowest BCUT2D eigenvalue weighted by Crippen LogP contribution is -2.47. The molecule has 0 spiro atoms. The summed E-state index contributed by atoms with van der Waals surface area (Å²) in [5.41, 5.74) is 2.21. The number of aliphatic hydroxyl groups excluding tert-OH is 2. The first kappa shape index (κ1) is 14.3. The molecule has 2 rings (SSSR count). The lowest BCUT2D eigenvalue weighted by atomic mass is 10.1. The van der Waals surface area contributed by atoms with E-state index in [2.05, 4.69) is 21.9 Å².